The first-order chi connectivity index (χ1) is 17.1. The van der Waals surface area contributed by atoms with E-state index in [4.69, 9.17) is 0 Å². The number of carbonyl (C=O) groups is 4. The van der Waals surface area contributed by atoms with E-state index in [1.54, 1.807) is 0 Å². The molecule has 0 unspecified atom stereocenters. The molecular formula is C24H20N4O8. The molecule has 0 radical (unpaired) electrons. The zero-order chi connectivity index (χ0) is 26.1. The van der Waals surface area contributed by atoms with Gasteiger partial charge in [0.2, 0.25) is 0 Å². The van der Waals surface area contributed by atoms with Crippen molar-refractivity contribution in [3.8, 4) is 0 Å². The lowest BCUT2D eigenvalue weighted by Gasteiger charge is -2.30. The molecule has 0 spiro atoms. The highest BCUT2D eigenvalue weighted by atomic mass is 16.6. The maximum Gasteiger partial charge on any atom is 0.273 e. The fourth-order valence-corrected chi connectivity index (χ4v) is 4.36. The number of nitrogens with zero attached hydrogens (tertiary/aromatic N) is 4. The molecule has 1 aliphatic heterocycles. The molecule has 1 heterocycles. The third-order valence-electron chi connectivity index (χ3n) is 6.29. The topological polar surface area (TPSA) is 161 Å². The number of non-ortho nitro benzene ring substituents is 2. The number of imide groups is 1. The number of ketones is 1. The summed E-state index contributed by atoms with van der Waals surface area (Å²) in [6.45, 7) is 1.14. The molecule has 184 valence electrons. The number of carbonyl (C=O) groups excluding carboxylic acids is 4. The van der Waals surface area contributed by atoms with Crippen molar-refractivity contribution in [1.29, 1.82) is 0 Å². The maximum atomic E-state index is 13.4. The van der Waals surface area contributed by atoms with Crippen LogP contribution in [0.1, 0.15) is 40.5 Å². The zero-order valence-electron chi connectivity index (χ0n) is 19.0. The summed E-state index contributed by atoms with van der Waals surface area (Å²) < 4.78 is 0. The van der Waals surface area contributed by atoms with Crippen LogP contribution in [0.3, 0.4) is 0 Å². The average molecular weight is 492 g/mol. The van der Waals surface area contributed by atoms with Crippen molar-refractivity contribution in [2.24, 2.45) is 11.8 Å². The molecule has 0 N–H and O–H groups in total. The van der Waals surface area contributed by atoms with Crippen molar-refractivity contribution in [3.05, 3.63) is 91.5 Å². The first-order valence-electron chi connectivity index (χ1n) is 11.0. The highest BCUT2D eigenvalue weighted by Crippen LogP contribution is 2.38. The number of fused-ring (bicyclic) bond motifs is 1. The molecule has 1 saturated heterocycles. The number of Topliss-reactive ketones (excluding diaryl/α,β-unsaturated/α-hetero) is 1. The van der Waals surface area contributed by atoms with E-state index in [1.807, 2.05) is 13.0 Å². The molecule has 3 amide bonds. The molecule has 1 aliphatic carbocycles. The summed E-state index contributed by atoms with van der Waals surface area (Å²) in [5, 5.41) is 23.3. The van der Waals surface area contributed by atoms with E-state index < -0.39 is 51.7 Å². The number of amides is 3. The third-order valence-corrected chi connectivity index (χ3v) is 6.29. The zero-order valence-corrected chi connectivity index (χ0v) is 19.0. The lowest BCUT2D eigenvalue weighted by Crippen LogP contribution is -2.52. The Kier molecular flexibility index (Phi) is 6.43. The number of rotatable bonds is 7. The standard InChI is InChI=1S/C24H20N4O8/c1-14-2-11-19-20(12-14)24(32)26(23(19)31)25(22(30)16-5-9-18(10-6-16)28(35)36)13-21(29)15-3-7-17(8-4-15)27(33)34/h2-10,19-20H,11-13H2,1H3/t19-,20-/m1/s1. The average Bonchev–Trinajstić information content (AvgIpc) is 3.11. The second-order valence-electron chi connectivity index (χ2n) is 8.59. The maximum absolute atomic E-state index is 13.4. The predicted molar refractivity (Wildman–Crippen MR) is 123 cm³/mol. The van der Waals surface area contributed by atoms with E-state index in [0.29, 0.717) is 17.9 Å². The van der Waals surface area contributed by atoms with Gasteiger partial charge >= 0.3 is 0 Å². The van der Waals surface area contributed by atoms with E-state index in [2.05, 4.69) is 0 Å². The van der Waals surface area contributed by atoms with Gasteiger partial charge in [0, 0.05) is 35.4 Å². The van der Waals surface area contributed by atoms with Crippen LogP contribution in [0.15, 0.2) is 60.2 Å². The van der Waals surface area contributed by atoms with Gasteiger partial charge in [0.05, 0.1) is 21.7 Å². The van der Waals surface area contributed by atoms with E-state index in [-0.39, 0.29) is 22.5 Å². The Bertz CT molecular complexity index is 1320. The van der Waals surface area contributed by atoms with Gasteiger partial charge in [-0.25, -0.2) is 5.01 Å². The second-order valence-corrected chi connectivity index (χ2v) is 8.59. The van der Waals surface area contributed by atoms with Crippen LogP contribution in [0.5, 0.6) is 0 Å². The molecule has 2 aliphatic rings. The van der Waals surface area contributed by atoms with Gasteiger partial charge in [-0.3, -0.25) is 39.4 Å². The summed E-state index contributed by atoms with van der Waals surface area (Å²) in [7, 11) is 0. The molecule has 0 bridgehead atoms. The molecule has 0 saturated carbocycles. The summed E-state index contributed by atoms with van der Waals surface area (Å²) in [5.74, 6) is -4.08. The molecule has 1 fully saturated rings. The summed E-state index contributed by atoms with van der Waals surface area (Å²) in [6, 6.07) is 9.25. The van der Waals surface area contributed by atoms with Crippen LogP contribution in [0.25, 0.3) is 0 Å². The Morgan fingerprint density at radius 1 is 0.889 bits per heavy atom. The number of allylic oxidation sites excluding steroid dienone is 2. The molecule has 2 aromatic carbocycles. The minimum absolute atomic E-state index is 0.0381. The molecule has 0 aromatic heterocycles. The van der Waals surface area contributed by atoms with Crippen LogP contribution < -0.4 is 0 Å². The number of nitro groups is 2. The SMILES string of the molecule is CC1=CC[C@H]2C(=O)N(N(CC(=O)c3ccc([N+](=O)[O-])cc3)C(=O)c3ccc([N+](=O)[O-])cc3)C(=O)[C@@H]2C1. The van der Waals surface area contributed by atoms with Gasteiger partial charge in [-0.05, 0) is 44.0 Å². The number of hydrogen-bond acceptors (Lipinski definition) is 8. The fourth-order valence-electron chi connectivity index (χ4n) is 4.36. The Labute approximate surface area is 204 Å². The van der Waals surface area contributed by atoms with Gasteiger partial charge < -0.3 is 0 Å². The molecule has 36 heavy (non-hydrogen) atoms. The van der Waals surface area contributed by atoms with E-state index in [1.165, 1.54) is 24.3 Å². The number of benzene rings is 2. The van der Waals surface area contributed by atoms with Gasteiger partial charge in [-0.1, -0.05) is 11.6 Å². The summed E-state index contributed by atoms with van der Waals surface area (Å²) in [5.41, 5.74) is 0.413. The van der Waals surface area contributed by atoms with Gasteiger partial charge in [0.15, 0.2) is 5.78 Å². The summed E-state index contributed by atoms with van der Waals surface area (Å²) in [4.78, 5) is 73.6. The first kappa shape index (κ1) is 24.4. The Morgan fingerprint density at radius 3 is 1.92 bits per heavy atom. The molecule has 2 aromatic rings. The molecule has 12 heteroatoms. The van der Waals surface area contributed by atoms with Crippen LogP contribution in [0.2, 0.25) is 0 Å². The van der Waals surface area contributed by atoms with Crippen molar-refractivity contribution >= 4 is 34.9 Å². The van der Waals surface area contributed by atoms with Crippen molar-refractivity contribution in [3.63, 3.8) is 0 Å². The second kappa shape index (κ2) is 9.49. The summed E-state index contributed by atoms with van der Waals surface area (Å²) in [6.07, 6.45) is 2.54. The Balaban J connectivity index is 1.68. The highest BCUT2D eigenvalue weighted by molar-refractivity contribution is 6.09. The number of hydrazine groups is 1. The van der Waals surface area contributed by atoms with Crippen molar-refractivity contribution in [1.82, 2.24) is 10.0 Å². The van der Waals surface area contributed by atoms with Gasteiger partial charge in [-0.2, -0.15) is 5.01 Å². The van der Waals surface area contributed by atoms with Crippen molar-refractivity contribution in [2.45, 2.75) is 19.8 Å². The number of nitro benzene ring substituents is 2. The van der Waals surface area contributed by atoms with Crippen molar-refractivity contribution < 1.29 is 29.0 Å². The lowest BCUT2D eigenvalue weighted by molar-refractivity contribution is -0.385. The largest absolute Gasteiger partial charge is 0.292 e. The highest BCUT2D eigenvalue weighted by Gasteiger charge is 2.51. The normalized spacial score (nSPS) is 18.9. The third kappa shape index (κ3) is 4.48. The Hall–Kier alpha value is -4.74. The van der Waals surface area contributed by atoms with Crippen LogP contribution >= 0.6 is 0 Å². The minimum Gasteiger partial charge on any atom is -0.292 e. The quantitative estimate of drug-likeness (QED) is 0.187. The first-order valence-corrected chi connectivity index (χ1v) is 11.0. The number of hydrogen-bond donors (Lipinski definition) is 0. The van der Waals surface area contributed by atoms with Crippen molar-refractivity contribution in [2.75, 3.05) is 6.54 Å². The molecule has 2 atom stereocenters. The molecule has 12 nitrogen and oxygen atoms in total. The van der Waals surface area contributed by atoms with Crippen LogP contribution in [0, 0.1) is 32.1 Å². The molecule has 4 rings (SSSR count). The summed E-state index contributed by atoms with van der Waals surface area (Å²) >= 11 is 0. The van der Waals surface area contributed by atoms with E-state index in [0.717, 1.165) is 34.8 Å². The smallest absolute Gasteiger partial charge is 0.273 e. The van der Waals surface area contributed by atoms with Gasteiger partial charge in [0.1, 0.15) is 6.54 Å². The monoisotopic (exact) mass is 492 g/mol. The van der Waals surface area contributed by atoms with Gasteiger partial charge in [-0.15, -0.1) is 0 Å². The van der Waals surface area contributed by atoms with E-state index in [9.17, 15) is 39.4 Å². The predicted octanol–water partition coefficient (Wildman–Crippen LogP) is 3.08. The fraction of sp³-hybridized carbons (Fsp3) is 0.250. The van der Waals surface area contributed by atoms with Crippen LogP contribution in [-0.4, -0.2) is 49.9 Å². The van der Waals surface area contributed by atoms with Crippen LogP contribution in [-0.2, 0) is 9.59 Å². The minimum atomic E-state index is -0.870. The lowest BCUT2D eigenvalue weighted by atomic mass is 9.82. The Morgan fingerprint density at radius 2 is 1.39 bits per heavy atom. The van der Waals surface area contributed by atoms with Crippen LogP contribution in [0.4, 0.5) is 11.4 Å². The van der Waals surface area contributed by atoms with E-state index >= 15 is 0 Å². The molecular weight excluding hydrogens is 472 g/mol. The van der Waals surface area contributed by atoms with Gasteiger partial charge in [0.25, 0.3) is 29.1 Å².